The average Bonchev–Trinajstić information content (AvgIpc) is 2.14. The van der Waals surface area contributed by atoms with Gasteiger partial charge in [-0.2, -0.15) is 0 Å². The molecule has 0 fully saturated rings. The summed E-state index contributed by atoms with van der Waals surface area (Å²) in [7, 11) is 0. The minimum Gasteiger partial charge on any atom is -0.391 e. The zero-order valence-corrected chi connectivity index (χ0v) is 5.44. The summed E-state index contributed by atoms with van der Waals surface area (Å²) < 4.78 is 0. The first kappa shape index (κ1) is 6.10. The lowest BCUT2D eigenvalue weighted by molar-refractivity contribution is 0.100. The summed E-state index contributed by atoms with van der Waals surface area (Å²) in [6.07, 6.45) is 0. The van der Waals surface area contributed by atoms with Gasteiger partial charge in [-0.3, -0.25) is 4.79 Å². The van der Waals surface area contributed by atoms with E-state index >= 15 is 0 Å². The maximum atomic E-state index is 10.4. The monoisotopic (exact) mass is 142 g/mol. The summed E-state index contributed by atoms with van der Waals surface area (Å²) in [4.78, 5) is 10.4. The number of primary amides is 1. The Bertz CT molecular complexity index is 231. The van der Waals surface area contributed by atoms with Gasteiger partial charge in [0.15, 0.2) is 0 Å². The molecule has 0 aromatic carbocycles. The van der Waals surface area contributed by atoms with Gasteiger partial charge in [-0.15, -0.1) is 11.3 Å². The smallest absolute Gasteiger partial charge is 0.249 e. The molecule has 4 heteroatoms. The normalized spacial score (nSPS) is 9.33. The van der Waals surface area contributed by atoms with E-state index in [1.807, 2.05) is 0 Å². The van der Waals surface area contributed by atoms with E-state index in [9.17, 15) is 4.79 Å². The first-order valence-electron chi connectivity index (χ1n) is 2.34. The van der Waals surface area contributed by atoms with E-state index in [0.29, 0.717) is 10.6 Å². The Kier molecular flexibility index (Phi) is 1.40. The molecule has 1 aromatic rings. The summed E-state index contributed by atoms with van der Waals surface area (Å²) in [5, 5.41) is 2.25. The van der Waals surface area contributed by atoms with Gasteiger partial charge >= 0.3 is 0 Å². The second-order valence-electron chi connectivity index (χ2n) is 1.60. The van der Waals surface area contributed by atoms with Crippen molar-refractivity contribution in [1.29, 1.82) is 0 Å². The molecule has 4 N–H and O–H groups in total. The van der Waals surface area contributed by atoms with Gasteiger partial charge in [0.1, 0.15) is 0 Å². The number of nitrogen functional groups attached to an aromatic ring is 1. The summed E-state index contributed by atoms with van der Waals surface area (Å²) in [6, 6.07) is 1.56. The predicted octanol–water partition coefficient (Wildman–Crippen LogP) is 0.429. The standard InChI is InChI=1S/C5H6N2OS/c6-4-1-3(2-9-4)5(7)8/h1-2H,6H2,(H2,7,8). The van der Waals surface area contributed by atoms with E-state index in [1.165, 1.54) is 11.3 Å². The first-order valence-corrected chi connectivity index (χ1v) is 3.22. The van der Waals surface area contributed by atoms with E-state index in [-0.39, 0.29) is 0 Å². The quantitative estimate of drug-likeness (QED) is 0.597. The summed E-state index contributed by atoms with van der Waals surface area (Å²) in [5.41, 5.74) is 10.8. The van der Waals surface area contributed by atoms with Crippen LogP contribution < -0.4 is 11.5 Å². The van der Waals surface area contributed by atoms with Crippen molar-refractivity contribution in [1.82, 2.24) is 0 Å². The van der Waals surface area contributed by atoms with Crippen LogP contribution in [0.3, 0.4) is 0 Å². The van der Waals surface area contributed by atoms with Crippen LogP contribution in [-0.2, 0) is 0 Å². The molecule has 48 valence electrons. The second kappa shape index (κ2) is 2.06. The third kappa shape index (κ3) is 1.20. The lowest BCUT2D eigenvalue weighted by Crippen LogP contribution is -2.09. The molecule has 1 amide bonds. The molecule has 1 heterocycles. The van der Waals surface area contributed by atoms with Gasteiger partial charge < -0.3 is 11.5 Å². The van der Waals surface area contributed by atoms with Crippen molar-refractivity contribution in [3.63, 3.8) is 0 Å². The molecule has 0 saturated carbocycles. The number of hydrogen-bond acceptors (Lipinski definition) is 3. The Morgan fingerprint density at radius 2 is 2.33 bits per heavy atom. The highest BCUT2D eigenvalue weighted by molar-refractivity contribution is 7.14. The summed E-state index contributed by atoms with van der Waals surface area (Å²) >= 11 is 1.31. The van der Waals surface area contributed by atoms with Crippen LogP contribution in [0.4, 0.5) is 5.00 Å². The molecular weight excluding hydrogens is 136 g/mol. The van der Waals surface area contributed by atoms with Crippen molar-refractivity contribution in [3.05, 3.63) is 17.0 Å². The molecule has 0 aliphatic carbocycles. The Balaban J connectivity index is 2.98. The fourth-order valence-corrected chi connectivity index (χ4v) is 1.12. The molecule has 0 aliphatic heterocycles. The molecule has 0 unspecified atom stereocenters. The van der Waals surface area contributed by atoms with E-state index < -0.39 is 5.91 Å². The van der Waals surface area contributed by atoms with Crippen molar-refractivity contribution < 1.29 is 4.79 Å². The van der Waals surface area contributed by atoms with Gasteiger partial charge in [-0.1, -0.05) is 0 Å². The largest absolute Gasteiger partial charge is 0.391 e. The Hall–Kier alpha value is -1.03. The third-order valence-corrected chi connectivity index (χ3v) is 1.67. The van der Waals surface area contributed by atoms with Gasteiger partial charge in [0.2, 0.25) is 5.91 Å². The van der Waals surface area contributed by atoms with Crippen molar-refractivity contribution >= 4 is 22.2 Å². The Morgan fingerprint density at radius 1 is 1.67 bits per heavy atom. The first-order chi connectivity index (χ1) is 4.20. The van der Waals surface area contributed by atoms with E-state index in [1.54, 1.807) is 11.4 Å². The molecule has 0 saturated heterocycles. The Labute approximate surface area is 56.3 Å². The highest BCUT2D eigenvalue weighted by Gasteiger charge is 2.00. The van der Waals surface area contributed by atoms with Gasteiger partial charge in [-0.05, 0) is 6.07 Å². The molecule has 1 rings (SSSR count). The zero-order valence-electron chi connectivity index (χ0n) is 4.63. The van der Waals surface area contributed by atoms with E-state index in [2.05, 4.69) is 0 Å². The van der Waals surface area contributed by atoms with Crippen molar-refractivity contribution in [2.24, 2.45) is 5.73 Å². The minimum absolute atomic E-state index is 0.428. The van der Waals surface area contributed by atoms with Crippen LogP contribution in [0, 0.1) is 0 Å². The van der Waals surface area contributed by atoms with Crippen LogP contribution in [-0.4, -0.2) is 5.91 Å². The number of amides is 1. The number of carbonyl (C=O) groups is 1. The van der Waals surface area contributed by atoms with Crippen molar-refractivity contribution in [3.8, 4) is 0 Å². The molecule has 0 bridgehead atoms. The number of thiophene rings is 1. The molecule has 1 aromatic heterocycles. The number of anilines is 1. The molecule has 0 radical (unpaired) electrons. The van der Waals surface area contributed by atoms with Crippen LogP contribution in [0.1, 0.15) is 10.4 Å². The molecule has 9 heavy (non-hydrogen) atoms. The SMILES string of the molecule is NC(=O)c1csc(N)c1. The fourth-order valence-electron chi connectivity index (χ4n) is 0.482. The van der Waals surface area contributed by atoms with Gasteiger partial charge in [0.05, 0.1) is 10.6 Å². The van der Waals surface area contributed by atoms with Crippen LogP contribution in [0.2, 0.25) is 0 Å². The number of rotatable bonds is 1. The average molecular weight is 142 g/mol. The molecule has 0 aliphatic rings. The summed E-state index contributed by atoms with van der Waals surface area (Å²) in [5.74, 6) is -0.428. The number of hydrogen-bond donors (Lipinski definition) is 2. The van der Waals surface area contributed by atoms with Crippen molar-refractivity contribution in [2.45, 2.75) is 0 Å². The number of nitrogens with two attached hydrogens (primary N) is 2. The minimum atomic E-state index is -0.428. The maximum absolute atomic E-state index is 10.4. The highest BCUT2D eigenvalue weighted by Crippen LogP contribution is 2.14. The number of carbonyl (C=O) groups excluding carboxylic acids is 1. The second-order valence-corrected chi connectivity index (χ2v) is 2.54. The van der Waals surface area contributed by atoms with Crippen LogP contribution in [0.25, 0.3) is 0 Å². The molecular formula is C5H6N2OS. The van der Waals surface area contributed by atoms with E-state index in [0.717, 1.165) is 0 Å². The van der Waals surface area contributed by atoms with Crippen LogP contribution in [0.15, 0.2) is 11.4 Å². The lowest BCUT2D eigenvalue weighted by atomic mass is 10.3. The maximum Gasteiger partial charge on any atom is 0.249 e. The van der Waals surface area contributed by atoms with Gasteiger partial charge in [-0.25, -0.2) is 0 Å². The highest BCUT2D eigenvalue weighted by atomic mass is 32.1. The van der Waals surface area contributed by atoms with Gasteiger partial charge in [0, 0.05) is 5.38 Å². The molecule has 0 atom stereocenters. The zero-order chi connectivity index (χ0) is 6.85. The predicted molar refractivity (Wildman–Crippen MR) is 37.2 cm³/mol. The molecule has 0 spiro atoms. The third-order valence-electron chi connectivity index (χ3n) is 0.904. The Morgan fingerprint density at radius 3 is 2.56 bits per heavy atom. The van der Waals surface area contributed by atoms with E-state index in [4.69, 9.17) is 11.5 Å². The summed E-state index contributed by atoms with van der Waals surface area (Å²) in [6.45, 7) is 0. The van der Waals surface area contributed by atoms with Crippen molar-refractivity contribution in [2.75, 3.05) is 5.73 Å². The fraction of sp³-hybridized carbons (Fsp3) is 0. The van der Waals surface area contributed by atoms with Crippen LogP contribution in [0.5, 0.6) is 0 Å². The van der Waals surface area contributed by atoms with Crippen LogP contribution >= 0.6 is 11.3 Å². The van der Waals surface area contributed by atoms with Gasteiger partial charge in [0.25, 0.3) is 0 Å². The molecule has 3 nitrogen and oxygen atoms in total. The topological polar surface area (TPSA) is 69.1 Å². The lowest BCUT2D eigenvalue weighted by Gasteiger charge is -1.81.